The number of amides is 3. The Balaban J connectivity index is 1.75. The number of anilines is 1. The Morgan fingerprint density at radius 2 is 2.00 bits per heavy atom. The second kappa shape index (κ2) is 6.37. The van der Waals surface area contributed by atoms with E-state index in [1.165, 1.54) is 6.20 Å². The Morgan fingerprint density at radius 3 is 2.65 bits per heavy atom. The van der Waals surface area contributed by atoms with Crippen molar-refractivity contribution in [3.63, 3.8) is 0 Å². The van der Waals surface area contributed by atoms with Crippen molar-refractivity contribution < 1.29 is 9.59 Å². The molecule has 0 fully saturated rings. The summed E-state index contributed by atoms with van der Waals surface area (Å²) in [6, 6.07) is 8.85. The topological polar surface area (TPSA) is 102 Å². The third-order valence-corrected chi connectivity index (χ3v) is 2.58. The predicted octanol–water partition coefficient (Wildman–Crippen LogP) is 0.804. The van der Waals surface area contributed by atoms with Gasteiger partial charge < -0.3 is 16.4 Å². The van der Waals surface area contributed by atoms with Gasteiger partial charge in [0, 0.05) is 18.4 Å². The van der Waals surface area contributed by atoms with Gasteiger partial charge in [-0.3, -0.25) is 9.48 Å². The van der Waals surface area contributed by atoms with Gasteiger partial charge >= 0.3 is 6.03 Å². The highest BCUT2D eigenvalue weighted by molar-refractivity contribution is 5.92. The molecule has 0 saturated heterocycles. The number of urea groups is 1. The number of nitrogens with zero attached hydrogens (tertiary/aromatic N) is 2. The minimum Gasteiger partial charge on any atom is -0.366 e. The Bertz CT molecular complexity index is 594. The van der Waals surface area contributed by atoms with Crippen LogP contribution in [0.15, 0.2) is 42.7 Å². The van der Waals surface area contributed by atoms with Gasteiger partial charge in [0.1, 0.15) is 0 Å². The summed E-state index contributed by atoms with van der Waals surface area (Å²) in [7, 11) is 0. The van der Waals surface area contributed by atoms with Crippen molar-refractivity contribution in [1.82, 2.24) is 15.1 Å². The largest absolute Gasteiger partial charge is 0.366 e. The van der Waals surface area contributed by atoms with E-state index >= 15 is 0 Å². The second-order valence-corrected chi connectivity index (χ2v) is 4.10. The van der Waals surface area contributed by atoms with Crippen molar-refractivity contribution >= 4 is 17.6 Å². The fourth-order valence-corrected chi connectivity index (χ4v) is 1.59. The summed E-state index contributed by atoms with van der Waals surface area (Å²) < 4.78 is 1.54. The van der Waals surface area contributed by atoms with Crippen molar-refractivity contribution in [3.05, 3.63) is 48.3 Å². The molecule has 0 aliphatic carbocycles. The Morgan fingerprint density at radius 1 is 1.25 bits per heavy atom. The first-order valence-corrected chi connectivity index (χ1v) is 6.07. The summed E-state index contributed by atoms with van der Waals surface area (Å²) in [6.45, 7) is 0.841. The fourth-order valence-electron chi connectivity index (χ4n) is 1.59. The zero-order chi connectivity index (χ0) is 14.4. The molecule has 0 aliphatic rings. The van der Waals surface area contributed by atoms with E-state index in [4.69, 9.17) is 5.73 Å². The average Bonchev–Trinajstić information content (AvgIpc) is 2.89. The van der Waals surface area contributed by atoms with E-state index in [1.807, 2.05) is 18.2 Å². The second-order valence-electron chi connectivity index (χ2n) is 4.10. The van der Waals surface area contributed by atoms with Gasteiger partial charge in [-0.1, -0.05) is 18.2 Å². The van der Waals surface area contributed by atoms with Crippen LogP contribution in [0.25, 0.3) is 0 Å². The molecule has 7 heteroatoms. The third kappa shape index (κ3) is 3.84. The smallest absolute Gasteiger partial charge is 0.319 e. The van der Waals surface area contributed by atoms with Gasteiger partial charge in [-0.05, 0) is 12.1 Å². The molecule has 2 aromatic rings. The van der Waals surface area contributed by atoms with Crippen LogP contribution in [-0.2, 0) is 6.54 Å². The number of rotatable bonds is 5. The molecule has 0 radical (unpaired) electrons. The molecule has 20 heavy (non-hydrogen) atoms. The van der Waals surface area contributed by atoms with Crippen LogP contribution in [0.3, 0.4) is 0 Å². The van der Waals surface area contributed by atoms with Crippen LogP contribution in [0.4, 0.5) is 10.5 Å². The lowest BCUT2D eigenvalue weighted by atomic mass is 10.3. The van der Waals surface area contributed by atoms with Gasteiger partial charge in [-0.25, -0.2) is 4.79 Å². The molecule has 1 aromatic heterocycles. The van der Waals surface area contributed by atoms with Crippen LogP contribution >= 0.6 is 0 Å². The van der Waals surface area contributed by atoms with Crippen LogP contribution < -0.4 is 16.4 Å². The quantitative estimate of drug-likeness (QED) is 0.751. The summed E-state index contributed by atoms with van der Waals surface area (Å²) in [4.78, 5) is 22.5. The minimum absolute atomic E-state index is 0.293. The van der Waals surface area contributed by atoms with Gasteiger partial charge in [-0.2, -0.15) is 5.10 Å². The van der Waals surface area contributed by atoms with Crippen molar-refractivity contribution in [1.29, 1.82) is 0 Å². The summed E-state index contributed by atoms with van der Waals surface area (Å²) in [5, 5.41) is 9.35. The number of aromatic nitrogens is 2. The van der Waals surface area contributed by atoms with Crippen LogP contribution in [0.5, 0.6) is 0 Å². The zero-order valence-electron chi connectivity index (χ0n) is 10.7. The maximum absolute atomic E-state index is 11.6. The lowest BCUT2D eigenvalue weighted by molar-refractivity contribution is 0.1000. The molecule has 0 saturated carbocycles. The lowest BCUT2D eigenvalue weighted by Gasteiger charge is -2.07. The van der Waals surface area contributed by atoms with Gasteiger partial charge in [0.15, 0.2) is 0 Å². The van der Waals surface area contributed by atoms with Gasteiger partial charge in [0.25, 0.3) is 5.91 Å². The number of carbonyl (C=O) groups excluding carboxylic acids is 2. The van der Waals surface area contributed by atoms with Gasteiger partial charge in [-0.15, -0.1) is 0 Å². The fraction of sp³-hybridized carbons (Fsp3) is 0.154. The predicted molar refractivity (Wildman–Crippen MR) is 74.2 cm³/mol. The molecular formula is C13H15N5O2. The molecule has 3 amide bonds. The van der Waals surface area contributed by atoms with Crippen molar-refractivity contribution in [2.45, 2.75) is 6.54 Å². The highest BCUT2D eigenvalue weighted by Crippen LogP contribution is 2.04. The van der Waals surface area contributed by atoms with Crippen molar-refractivity contribution in [3.8, 4) is 0 Å². The Hall–Kier alpha value is -2.83. The zero-order valence-corrected chi connectivity index (χ0v) is 10.7. The van der Waals surface area contributed by atoms with Gasteiger partial charge in [0.2, 0.25) is 0 Å². The molecule has 0 bridgehead atoms. The maximum Gasteiger partial charge on any atom is 0.319 e. The number of hydrogen-bond donors (Lipinski definition) is 3. The number of para-hydroxylation sites is 1. The van der Waals surface area contributed by atoms with Crippen LogP contribution in [0.2, 0.25) is 0 Å². The molecule has 104 valence electrons. The number of primary amides is 1. The number of benzene rings is 1. The number of nitrogens with one attached hydrogen (secondary N) is 2. The molecule has 0 aliphatic heterocycles. The van der Waals surface area contributed by atoms with Crippen molar-refractivity contribution in [2.75, 3.05) is 11.9 Å². The van der Waals surface area contributed by atoms with E-state index in [0.29, 0.717) is 18.7 Å². The highest BCUT2D eigenvalue weighted by atomic mass is 16.2. The molecule has 0 unspecified atom stereocenters. The third-order valence-electron chi connectivity index (χ3n) is 2.58. The molecule has 7 nitrogen and oxygen atoms in total. The molecule has 4 N–H and O–H groups in total. The van der Waals surface area contributed by atoms with E-state index in [9.17, 15) is 9.59 Å². The summed E-state index contributed by atoms with van der Waals surface area (Å²) in [6.07, 6.45) is 2.94. The molecule has 0 atom stereocenters. The molecule has 0 spiro atoms. The van der Waals surface area contributed by atoms with E-state index in [1.54, 1.807) is 23.0 Å². The van der Waals surface area contributed by atoms with Crippen LogP contribution in [-0.4, -0.2) is 28.3 Å². The molecule has 1 aromatic carbocycles. The van der Waals surface area contributed by atoms with E-state index in [0.717, 1.165) is 5.69 Å². The first-order valence-electron chi connectivity index (χ1n) is 6.07. The summed E-state index contributed by atoms with van der Waals surface area (Å²) in [5.74, 6) is -0.522. The van der Waals surface area contributed by atoms with E-state index in [-0.39, 0.29) is 6.03 Å². The monoisotopic (exact) mass is 273 g/mol. The average molecular weight is 273 g/mol. The Labute approximate surface area is 115 Å². The van der Waals surface area contributed by atoms with Crippen LogP contribution in [0.1, 0.15) is 10.4 Å². The summed E-state index contributed by atoms with van der Waals surface area (Å²) in [5.41, 5.74) is 6.19. The molecule has 1 heterocycles. The highest BCUT2D eigenvalue weighted by Gasteiger charge is 2.04. The minimum atomic E-state index is -0.522. The molecule has 2 rings (SSSR count). The normalized spacial score (nSPS) is 10.0. The van der Waals surface area contributed by atoms with Crippen molar-refractivity contribution in [2.24, 2.45) is 5.73 Å². The van der Waals surface area contributed by atoms with E-state index in [2.05, 4.69) is 15.7 Å². The molecular weight excluding hydrogens is 258 g/mol. The first-order chi connectivity index (χ1) is 9.65. The van der Waals surface area contributed by atoms with E-state index < -0.39 is 5.91 Å². The Kier molecular flexibility index (Phi) is 4.33. The van der Waals surface area contributed by atoms with Crippen LogP contribution in [0, 0.1) is 0 Å². The SMILES string of the molecule is NC(=O)c1cnn(CCNC(=O)Nc2ccccc2)c1. The number of hydrogen-bond acceptors (Lipinski definition) is 3. The lowest BCUT2D eigenvalue weighted by Crippen LogP contribution is -2.31. The maximum atomic E-state index is 11.6. The first kappa shape index (κ1) is 13.6. The standard InChI is InChI=1S/C13H15N5O2/c14-12(19)10-8-16-18(9-10)7-6-15-13(20)17-11-4-2-1-3-5-11/h1-5,8-9H,6-7H2,(H2,14,19)(H2,15,17,20). The number of nitrogens with two attached hydrogens (primary N) is 1. The van der Waals surface area contributed by atoms with Gasteiger partial charge in [0.05, 0.1) is 18.3 Å². The number of carbonyl (C=O) groups is 2. The summed E-state index contributed by atoms with van der Waals surface area (Å²) >= 11 is 0.